The van der Waals surface area contributed by atoms with Crippen LogP contribution in [0.3, 0.4) is 0 Å². The third-order valence-electron chi connectivity index (χ3n) is 2.25. The van der Waals surface area contributed by atoms with Crippen LogP contribution in [0.15, 0.2) is 18.3 Å². The maximum absolute atomic E-state index is 4.35. The molecule has 13 heavy (non-hydrogen) atoms. The van der Waals surface area contributed by atoms with Crippen molar-refractivity contribution >= 4 is 11.0 Å². The topological polar surface area (TPSA) is 28.7 Å². The van der Waals surface area contributed by atoms with Crippen molar-refractivity contribution in [3.63, 3.8) is 0 Å². The zero-order chi connectivity index (χ0) is 9.42. The molecule has 0 saturated carbocycles. The van der Waals surface area contributed by atoms with Gasteiger partial charge in [-0.25, -0.2) is 0 Å². The molecule has 2 aromatic rings. The number of nitrogens with zero attached hydrogens (tertiary/aromatic N) is 1. The molecule has 0 amide bonds. The quantitative estimate of drug-likeness (QED) is 0.707. The summed E-state index contributed by atoms with van der Waals surface area (Å²) >= 11 is 0. The van der Waals surface area contributed by atoms with Gasteiger partial charge in [0, 0.05) is 11.9 Å². The Hall–Kier alpha value is -1.31. The monoisotopic (exact) mass is 174 g/mol. The number of H-pyrrole nitrogens is 1. The number of fused-ring (bicyclic) bond motifs is 1. The van der Waals surface area contributed by atoms with Gasteiger partial charge in [0.15, 0.2) is 0 Å². The highest BCUT2D eigenvalue weighted by atomic mass is 14.8. The number of aromatic nitrogens is 2. The number of aromatic amines is 1. The molecule has 68 valence electrons. The van der Waals surface area contributed by atoms with Crippen LogP contribution in [0, 0.1) is 6.92 Å². The number of nitrogens with one attached hydrogen (secondary N) is 1. The summed E-state index contributed by atoms with van der Waals surface area (Å²) in [5.74, 6) is 0.537. The Labute approximate surface area is 78.0 Å². The Balaban J connectivity index is 2.62. The molecular weight excluding hydrogens is 160 g/mol. The van der Waals surface area contributed by atoms with Gasteiger partial charge in [-0.1, -0.05) is 13.8 Å². The number of hydrogen-bond acceptors (Lipinski definition) is 1. The van der Waals surface area contributed by atoms with Crippen molar-refractivity contribution in [2.45, 2.75) is 26.7 Å². The van der Waals surface area contributed by atoms with Gasteiger partial charge >= 0.3 is 0 Å². The largest absolute Gasteiger partial charge is 0.357 e. The number of rotatable bonds is 1. The van der Waals surface area contributed by atoms with Crippen LogP contribution in [0.25, 0.3) is 11.0 Å². The summed E-state index contributed by atoms with van der Waals surface area (Å²) < 4.78 is 0. The first-order valence-corrected chi connectivity index (χ1v) is 4.62. The van der Waals surface area contributed by atoms with E-state index in [1.807, 2.05) is 6.20 Å². The molecule has 0 fully saturated rings. The Morgan fingerprint density at radius 3 is 2.77 bits per heavy atom. The van der Waals surface area contributed by atoms with E-state index in [-0.39, 0.29) is 0 Å². The fourth-order valence-electron chi connectivity index (χ4n) is 1.44. The van der Waals surface area contributed by atoms with E-state index in [0.29, 0.717) is 5.92 Å². The predicted octanol–water partition coefficient (Wildman–Crippen LogP) is 2.99. The van der Waals surface area contributed by atoms with Crippen molar-refractivity contribution in [2.24, 2.45) is 0 Å². The molecule has 0 bridgehead atoms. The first-order chi connectivity index (χ1) is 6.16. The van der Waals surface area contributed by atoms with Gasteiger partial charge in [-0.3, -0.25) is 4.98 Å². The molecule has 0 aromatic carbocycles. The summed E-state index contributed by atoms with van der Waals surface area (Å²) in [7, 11) is 0. The minimum absolute atomic E-state index is 0.537. The van der Waals surface area contributed by atoms with E-state index in [1.165, 1.54) is 11.3 Å². The Kier molecular flexibility index (Phi) is 1.83. The van der Waals surface area contributed by atoms with Crippen molar-refractivity contribution in [1.82, 2.24) is 9.97 Å². The van der Waals surface area contributed by atoms with E-state index < -0.39 is 0 Å². The molecule has 0 saturated heterocycles. The van der Waals surface area contributed by atoms with E-state index in [9.17, 15) is 0 Å². The molecule has 2 heteroatoms. The zero-order valence-corrected chi connectivity index (χ0v) is 8.26. The average Bonchev–Trinajstić information content (AvgIpc) is 2.46. The smallest absolute Gasteiger partial charge is 0.0881 e. The fraction of sp³-hybridized carbons (Fsp3) is 0.364. The van der Waals surface area contributed by atoms with Crippen molar-refractivity contribution < 1.29 is 0 Å². The standard InChI is InChI=1S/C11H14N2/c1-7(2)9-5-10-11(13-9)4-8(3)6-12-10/h4-7,13H,1-3H3. The average molecular weight is 174 g/mol. The maximum atomic E-state index is 4.35. The fourth-order valence-corrected chi connectivity index (χ4v) is 1.44. The second kappa shape index (κ2) is 2.87. The first kappa shape index (κ1) is 8.30. The van der Waals surface area contributed by atoms with Crippen LogP contribution >= 0.6 is 0 Å². The highest BCUT2D eigenvalue weighted by Gasteiger charge is 2.04. The van der Waals surface area contributed by atoms with Gasteiger partial charge in [0.2, 0.25) is 0 Å². The van der Waals surface area contributed by atoms with Crippen LogP contribution in [0.5, 0.6) is 0 Å². The molecule has 2 rings (SSSR count). The van der Waals surface area contributed by atoms with Gasteiger partial charge in [0.05, 0.1) is 11.0 Å². The summed E-state index contributed by atoms with van der Waals surface area (Å²) in [5, 5.41) is 0. The Morgan fingerprint density at radius 1 is 1.31 bits per heavy atom. The number of hydrogen-bond donors (Lipinski definition) is 1. The van der Waals surface area contributed by atoms with Crippen molar-refractivity contribution in [2.75, 3.05) is 0 Å². The summed E-state index contributed by atoms with van der Waals surface area (Å²) in [6.45, 7) is 6.41. The minimum atomic E-state index is 0.537. The van der Waals surface area contributed by atoms with Crippen molar-refractivity contribution in [3.05, 3.63) is 29.6 Å². The molecule has 0 aliphatic heterocycles. The Bertz CT molecular complexity index is 427. The summed E-state index contributed by atoms with van der Waals surface area (Å²) in [6.07, 6.45) is 1.90. The van der Waals surface area contributed by atoms with Gasteiger partial charge in [0.25, 0.3) is 0 Å². The van der Waals surface area contributed by atoms with Gasteiger partial charge in [-0.2, -0.15) is 0 Å². The summed E-state index contributed by atoms with van der Waals surface area (Å²) in [4.78, 5) is 7.73. The maximum Gasteiger partial charge on any atom is 0.0881 e. The van der Waals surface area contributed by atoms with Crippen LogP contribution in [-0.4, -0.2) is 9.97 Å². The summed E-state index contributed by atoms with van der Waals surface area (Å²) in [5.41, 5.74) is 4.66. The van der Waals surface area contributed by atoms with Crippen LogP contribution in [0.1, 0.15) is 31.0 Å². The molecule has 1 N–H and O–H groups in total. The molecule has 0 aliphatic rings. The lowest BCUT2D eigenvalue weighted by Crippen LogP contribution is -1.84. The Morgan fingerprint density at radius 2 is 2.08 bits per heavy atom. The second-order valence-electron chi connectivity index (χ2n) is 3.82. The van der Waals surface area contributed by atoms with Crippen LogP contribution < -0.4 is 0 Å². The van der Waals surface area contributed by atoms with Gasteiger partial charge < -0.3 is 4.98 Å². The minimum Gasteiger partial charge on any atom is -0.357 e. The molecule has 2 aromatic heterocycles. The van der Waals surface area contributed by atoms with Gasteiger partial charge in [0.1, 0.15) is 0 Å². The normalized spacial score (nSPS) is 11.4. The van der Waals surface area contributed by atoms with Crippen LogP contribution in [0.4, 0.5) is 0 Å². The zero-order valence-electron chi connectivity index (χ0n) is 8.26. The lowest BCUT2D eigenvalue weighted by molar-refractivity contribution is 0.836. The van der Waals surface area contributed by atoms with E-state index in [0.717, 1.165) is 11.0 Å². The molecule has 0 spiro atoms. The van der Waals surface area contributed by atoms with Crippen molar-refractivity contribution in [3.8, 4) is 0 Å². The van der Waals surface area contributed by atoms with E-state index in [2.05, 4.69) is 42.9 Å². The lowest BCUT2D eigenvalue weighted by Gasteiger charge is -1.97. The highest BCUT2D eigenvalue weighted by molar-refractivity contribution is 5.76. The number of pyridine rings is 1. The molecular formula is C11H14N2. The highest BCUT2D eigenvalue weighted by Crippen LogP contribution is 2.19. The summed E-state index contributed by atoms with van der Waals surface area (Å²) in [6, 6.07) is 4.26. The van der Waals surface area contributed by atoms with Gasteiger partial charge in [-0.15, -0.1) is 0 Å². The lowest BCUT2D eigenvalue weighted by atomic mass is 10.1. The van der Waals surface area contributed by atoms with E-state index >= 15 is 0 Å². The van der Waals surface area contributed by atoms with E-state index in [4.69, 9.17) is 0 Å². The van der Waals surface area contributed by atoms with Crippen LogP contribution in [-0.2, 0) is 0 Å². The van der Waals surface area contributed by atoms with E-state index in [1.54, 1.807) is 0 Å². The first-order valence-electron chi connectivity index (χ1n) is 4.62. The van der Waals surface area contributed by atoms with Crippen molar-refractivity contribution in [1.29, 1.82) is 0 Å². The number of aryl methyl sites for hydroxylation is 1. The molecule has 0 aliphatic carbocycles. The van der Waals surface area contributed by atoms with Crippen LogP contribution in [0.2, 0.25) is 0 Å². The molecule has 0 atom stereocenters. The molecule has 0 unspecified atom stereocenters. The SMILES string of the molecule is Cc1cnc2cc(C(C)C)[nH]c2c1. The van der Waals surface area contributed by atoms with Gasteiger partial charge in [-0.05, 0) is 30.5 Å². The molecule has 0 radical (unpaired) electrons. The third kappa shape index (κ3) is 1.44. The second-order valence-corrected chi connectivity index (χ2v) is 3.82. The third-order valence-corrected chi connectivity index (χ3v) is 2.25. The molecule has 2 heterocycles. The molecule has 2 nitrogen and oxygen atoms in total. The predicted molar refractivity (Wildman–Crippen MR) is 54.9 cm³/mol.